The molecule has 0 aliphatic carbocycles. The van der Waals surface area contributed by atoms with E-state index in [1.165, 1.54) is 0 Å². The van der Waals surface area contributed by atoms with Crippen LogP contribution in [-0.2, 0) is 9.59 Å². The Labute approximate surface area is 119 Å². The van der Waals surface area contributed by atoms with Crippen LogP contribution in [0.4, 0.5) is 5.69 Å². The molecular weight excluding hydrogens is 256 g/mol. The first-order valence-electron chi connectivity index (χ1n) is 6.73. The van der Waals surface area contributed by atoms with Gasteiger partial charge in [0.1, 0.15) is 0 Å². The normalized spacial score (nSPS) is 10.6. The number of rotatable bonds is 7. The third-order valence-electron chi connectivity index (χ3n) is 3.12. The smallest absolute Gasteiger partial charge is 0.304 e. The van der Waals surface area contributed by atoms with E-state index in [0.29, 0.717) is 13.1 Å². The average molecular weight is 278 g/mol. The first-order valence-corrected chi connectivity index (χ1v) is 6.73. The van der Waals surface area contributed by atoms with E-state index in [0.717, 1.165) is 16.8 Å². The lowest BCUT2D eigenvalue weighted by Crippen LogP contribution is -2.34. The van der Waals surface area contributed by atoms with Crippen molar-refractivity contribution in [1.29, 1.82) is 0 Å². The van der Waals surface area contributed by atoms with Crippen molar-refractivity contribution in [3.8, 4) is 0 Å². The van der Waals surface area contributed by atoms with Crippen LogP contribution in [-0.4, -0.2) is 41.5 Å². The Balaban J connectivity index is 2.57. The Morgan fingerprint density at radius 3 is 2.60 bits per heavy atom. The van der Waals surface area contributed by atoms with Gasteiger partial charge < -0.3 is 10.4 Å². The summed E-state index contributed by atoms with van der Waals surface area (Å²) in [7, 11) is 0. The highest BCUT2D eigenvalue weighted by molar-refractivity contribution is 5.93. The van der Waals surface area contributed by atoms with Crippen LogP contribution in [0.15, 0.2) is 18.2 Å². The van der Waals surface area contributed by atoms with Crippen LogP contribution in [0, 0.1) is 13.8 Å². The molecule has 0 aliphatic heterocycles. The minimum Gasteiger partial charge on any atom is -0.481 e. The number of carbonyl (C=O) groups is 2. The van der Waals surface area contributed by atoms with Crippen molar-refractivity contribution in [1.82, 2.24) is 4.90 Å². The summed E-state index contributed by atoms with van der Waals surface area (Å²) >= 11 is 0. The van der Waals surface area contributed by atoms with Crippen molar-refractivity contribution in [2.75, 3.05) is 25.0 Å². The molecule has 0 radical (unpaired) electrons. The van der Waals surface area contributed by atoms with E-state index >= 15 is 0 Å². The third kappa shape index (κ3) is 5.40. The van der Waals surface area contributed by atoms with Crippen LogP contribution < -0.4 is 5.32 Å². The monoisotopic (exact) mass is 278 g/mol. The summed E-state index contributed by atoms with van der Waals surface area (Å²) in [5.41, 5.74) is 2.91. The quantitative estimate of drug-likeness (QED) is 0.800. The van der Waals surface area contributed by atoms with Gasteiger partial charge >= 0.3 is 5.97 Å². The largest absolute Gasteiger partial charge is 0.481 e. The van der Waals surface area contributed by atoms with Gasteiger partial charge in [-0.1, -0.05) is 19.1 Å². The Hall–Kier alpha value is -1.88. The second-order valence-electron chi connectivity index (χ2n) is 4.88. The fourth-order valence-electron chi connectivity index (χ4n) is 1.87. The van der Waals surface area contributed by atoms with Crippen LogP contribution in [0.2, 0.25) is 0 Å². The lowest BCUT2D eigenvalue weighted by Gasteiger charge is -2.19. The van der Waals surface area contributed by atoms with E-state index in [-0.39, 0.29) is 18.9 Å². The van der Waals surface area contributed by atoms with E-state index in [4.69, 9.17) is 5.11 Å². The van der Waals surface area contributed by atoms with Crippen molar-refractivity contribution in [3.63, 3.8) is 0 Å². The molecular formula is C15H22N2O3. The molecule has 1 aromatic carbocycles. The van der Waals surface area contributed by atoms with Crippen molar-refractivity contribution in [3.05, 3.63) is 29.3 Å². The second kappa shape index (κ2) is 7.65. The second-order valence-corrected chi connectivity index (χ2v) is 4.88. The molecule has 0 aromatic heterocycles. The number of hydrogen-bond donors (Lipinski definition) is 2. The predicted molar refractivity (Wildman–Crippen MR) is 78.9 cm³/mol. The molecule has 1 rings (SSSR count). The van der Waals surface area contributed by atoms with Crippen molar-refractivity contribution in [2.24, 2.45) is 0 Å². The molecule has 20 heavy (non-hydrogen) atoms. The molecule has 1 amide bonds. The van der Waals surface area contributed by atoms with Crippen LogP contribution in [0.25, 0.3) is 0 Å². The number of aryl methyl sites for hydroxylation is 2. The number of carboxylic acid groups (broad SMARTS) is 1. The number of carboxylic acids is 1. The highest BCUT2D eigenvalue weighted by Crippen LogP contribution is 2.16. The van der Waals surface area contributed by atoms with Crippen LogP contribution in [0.3, 0.4) is 0 Å². The highest BCUT2D eigenvalue weighted by atomic mass is 16.4. The van der Waals surface area contributed by atoms with Crippen molar-refractivity contribution >= 4 is 17.6 Å². The molecule has 0 saturated heterocycles. The minimum absolute atomic E-state index is 0.0462. The molecule has 0 aliphatic rings. The lowest BCUT2D eigenvalue weighted by molar-refractivity contribution is -0.137. The Bertz CT molecular complexity index is 486. The maximum atomic E-state index is 12.0. The van der Waals surface area contributed by atoms with E-state index in [1.54, 1.807) is 0 Å². The van der Waals surface area contributed by atoms with Gasteiger partial charge in [-0.2, -0.15) is 0 Å². The maximum absolute atomic E-state index is 12.0. The van der Waals surface area contributed by atoms with Gasteiger partial charge in [0.2, 0.25) is 5.91 Å². The van der Waals surface area contributed by atoms with Gasteiger partial charge in [-0.25, -0.2) is 0 Å². The first kappa shape index (κ1) is 16.2. The van der Waals surface area contributed by atoms with E-state index in [1.807, 2.05) is 43.9 Å². The molecule has 0 bridgehead atoms. The maximum Gasteiger partial charge on any atom is 0.304 e. The van der Waals surface area contributed by atoms with Crippen molar-refractivity contribution in [2.45, 2.75) is 27.2 Å². The standard InChI is InChI=1S/C15H22N2O3/c1-4-17(8-7-15(19)20)10-14(18)16-13-9-11(2)5-6-12(13)3/h5-6,9H,4,7-8,10H2,1-3H3,(H,16,18)(H,19,20). The van der Waals surface area contributed by atoms with Crippen LogP contribution in [0.1, 0.15) is 24.5 Å². The average Bonchev–Trinajstić information content (AvgIpc) is 2.38. The van der Waals surface area contributed by atoms with E-state index < -0.39 is 5.97 Å². The van der Waals surface area contributed by atoms with Gasteiger partial charge in [0.25, 0.3) is 0 Å². The summed E-state index contributed by atoms with van der Waals surface area (Å²) in [6.45, 7) is 7.06. The summed E-state index contributed by atoms with van der Waals surface area (Å²) < 4.78 is 0. The Morgan fingerprint density at radius 1 is 1.30 bits per heavy atom. The molecule has 5 nitrogen and oxygen atoms in total. The number of amides is 1. The molecule has 0 heterocycles. The summed E-state index contributed by atoms with van der Waals surface area (Å²) in [5, 5.41) is 11.5. The first-order chi connectivity index (χ1) is 9.42. The Morgan fingerprint density at radius 2 is 2.00 bits per heavy atom. The molecule has 110 valence electrons. The highest BCUT2D eigenvalue weighted by Gasteiger charge is 2.11. The molecule has 1 aromatic rings. The predicted octanol–water partition coefficient (Wildman–Crippen LogP) is 2.04. The summed E-state index contributed by atoms with van der Waals surface area (Å²) in [4.78, 5) is 24.4. The van der Waals surface area contributed by atoms with Gasteiger partial charge in [-0.05, 0) is 37.6 Å². The van der Waals surface area contributed by atoms with Crippen LogP contribution >= 0.6 is 0 Å². The van der Waals surface area contributed by atoms with Crippen molar-refractivity contribution < 1.29 is 14.7 Å². The van der Waals surface area contributed by atoms with Gasteiger partial charge in [0.05, 0.1) is 13.0 Å². The number of anilines is 1. The number of nitrogens with one attached hydrogen (secondary N) is 1. The summed E-state index contributed by atoms with van der Waals surface area (Å²) in [6, 6.07) is 5.89. The summed E-state index contributed by atoms with van der Waals surface area (Å²) in [5.74, 6) is -0.968. The number of carbonyl (C=O) groups excluding carboxylic acids is 1. The Kier molecular flexibility index (Phi) is 6.18. The van der Waals surface area contributed by atoms with Crippen LogP contribution in [0.5, 0.6) is 0 Å². The van der Waals surface area contributed by atoms with E-state index in [9.17, 15) is 9.59 Å². The fraction of sp³-hybridized carbons (Fsp3) is 0.467. The van der Waals surface area contributed by atoms with Gasteiger partial charge in [-0.3, -0.25) is 14.5 Å². The molecule has 0 atom stereocenters. The number of benzene rings is 1. The molecule has 5 heteroatoms. The third-order valence-corrected chi connectivity index (χ3v) is 3.12. The van der Waals surface area contributed by atoms with E-state index in [2.05, 4.69) is 5.32 Å². The number of hydrogen-bond acceptors (Lipinski definition) is 3. The zero-order chi connectivity index (χ0) is 15.1. The topological polar surface area (TPSA) is 69.6 Å². The number of aliphatic carboxylic acids is 1. The molecule has 2 N–H and O–H groups in total. The molecule has 0 fully saturated rings. The number of likely N-dealkylation sites (N-methyl/N-ethyl adjacent to an activating group) is 1. The SMILES string of the molecule is CCN(CCC(=O)O)CC(=O)Nc1cc(C)ccc1C. The van der Waals surface area contributed by atoms with Gasteiger partial charge in [0, 0.05) is 12.2 Å². The fourth-order valence-corrected chi connectivity index (χ4v) is 1.87. The minimum atomic E-state index is -0.849. The summed E-state index contributed by atoms with van der Waals surface area (Å²) in [6.07, 6.45) is 0.0462. The number of nitrogens with zero attached hydrogens (tertiary/aromatic N) is 1. The molecule has 0 spiro atoms. The van der Waals surface area contributed by atoms with Gasteiger partial charge in [-0.15, -0.1) is 0 Å². The molecule has 0 unspecified atom stereocenters. The van der Waals surface area contributed by atoms with Gasteiger partial charge in [0.15, 0.2) is 0 Å². The lowest BCUT2D eigenvalue weighted by atomic mass is 10.1. The zero-order valence-electron chi connectivity index (χ0n) is 12.3. The molecule has 0 saturated carbocycles. The zero-order valence-corrected chi connectivity index (χ0v) is 12.3.